The van der Waals surface area contributed by atoms with Crippen LogP contribution in [0.2, 0.25) is 0 Å². The second-order valence-corrected chi connectivity index (χ2v) is 9.61. The molecule has 2 rings (SSSR count). The zero-order valence-electron chi connectivity index (χ0n) is 14.5. The average Bonchev–Trinajstić information content (AvgIpc) is 3.28. The summed E-state index contributed by atoms with van der Waals surface area (Å²) in [4.78, 5) is 0. The van der Waals surface area contributed by atoms with E-state index < -0.39 is 11.4 Å². The summed E-state index contributed by atoms with van der Waals surface area (Å²) >= 11 is -1.06. The van der Waals surface area contributed by atoms with Crippen LogP contribution >= 0.6 is 0 Å². The van der Waals surface area contributed by atoms with Gasteiger partial charge in [-0.25, -0.2) is 4.39 Å². The molecular formula is C18H28FNO2S. The summed E-state index contributed by atoms with van der Waals surface area (Å²) in [5.74, 6) is 0.971. The Morgan fingerprint density at radius 1 is 1.39 bits per heavy atom. The Hall–Kier alpha value is -0.780. The minimum atomic E-state index is -1.06. The first-order valence-corrected chi connectivity index (χ1v) is 9.47. The van der Waals surface area contributed by atoms with E-state index in [0.717, 1.165) is 12.0 Å². The lowest BCUT2D eigenvalue weighted by Crippen LogP contribution is -2.41. The van der Waals surface area contributed by atoms with Gasteiger partial charge in [-0.15, -0.1) is 4.72 Å². The fourth-order valence-electron chi connectivity index (χ4n) is 2.19. The topological polar surface area (TPSA) is 44.3 Å². The maximum atomic E-state index is 13.8. The summed E-state index contributed by atoms with van der Waals surface area (Å²) < 4.78 is 34.2. The Morgan fingerprint density at radius 3 is 2.70 bits per heavy atom. The van der Waals surface area contributed by atoms with Crippen LogP contribution in [0.25, 0.3) is 0 Å². The van der Waals surface area contributed by atoms with Crippen molar-refractivity contribution in [3.8, 4) is 5.75 Å². The molecule has 1 aliphatic rings. The van der Waals surface area contributed by atoms with Crippen molar-refractivity contribution in [3.63, 3.8) is 0 Å². The van der Waals surface area contributed by atoms with Gasteiger partial charge < -0.3 is 9.29 Å². The summed E-state index contributed by atoms with van der Waals surface area (Å²) in [5, 5.41) is 0. The van der Waals surface area contributed by atoms with Crippen molar-refractivity contribution in [3.05, 3.63) is 29.6 Å². The summed E-state index contributed by atoms with van der Waals surface area (Å²) in [5.41, 5.74) is 1.05. The quantitative estimate of drug-likeness (QED) is 0.731. The van der Waals surface area contributed by atoms with E-state index in [1.165, 1.54) is 18.9 Å². The minimum absolute atomic E-state index is 0.264. The van der Waals surface area contributed by atoms with Crippen molar-refractivity contribution < 1.29 is 13.7 Å². The highest BCUT2D eigenvalue weighted by Gasteiger charge is 2.26. The summed E-state index contributed by atoms with van der Waals surface area (Å²) in [6.45, 7) is 9.22. The standard InChI is InChI=1S/C18H28FNO2S/c1-13(11-20-23(21)18(2,3)4)9-15-7-8-16(19)17(10-15)22-12-14-5-6-14/h7-8,10,13-14,20H,5-6,9,11-12H2,1-4H3/t13-,23?/m0/s1. The van der Waals surface area contributed by atoms with E-state index in [1.54, 1.807) is 12.1 Å². The summed E-state index contributed by atoms with van der Waals surface area (Å²) in [6, 6.07) is 5.08. The summed E-state index contributed by atoms with van der Waals surface area (Å²) in [7, 11) is 0. The first kappa shape index (κ1) is 18.6. The number of rotatable bonds is 8. The number of hydrogen-bond donors (Lipinski definition) is 1. The van der Waals surface area contributed by atoms with E-state index >= 15 is 0 Å². The minimum Gasteiger partial charge on any atom is -0.598 e. The molecule has 3 nitrogen and oxygen atoms in total. The van der Waals surface area contributed by atoms with Gasteiger partial charge >= 0.3 is 0 Å². The third kappa shape index (κ3) is 6.32. The number of hydrogen-bond acceptors (Lipinski definition) is 3. The molecule has 1 N–H and O–H groups in total. The molecule has 1 unspecified atom stereocenters. The van der Waals surface area contributed by atoms with Crippen LogP contribution in [-0.2, 0) is 17.8 Å². The monoisotopic (exact) mass is 341 g/mol. The van der Waals surface area contributed by atoms with Gasteiger partial charge in [-0.2, -0.15) is 0 Å². The van der Waals surface area contributed by atoms with Gasteiger partial charge in [-0.05, 0) is 69.6 Å². The van der Waals surface area contributed by atoms with Gasteiger partial charge in [0.15, 0.2) is 11.6 Å². The Bertz CT molecular complexity index is 514. The van der Waals surface area contributed by atoms with Gasteiger partial charge in [0.1, 0.15) is 4.75 Å². The van der Waals surface area contributed by atoms with Crippen molar-refractivity contribution >= 4 is 11.4 Å². The number of benzene rings is 1. The van der Waals surface area contributed by atoms with Crippen molar-refractivity contribution in [1.82, 2.24) is 4.72 Å². The van der Waals surface area contributed by atoms with Crippen LogP contribution in [0.3, 0.4) is 0 Å². The number of nitrogens with one attached hydrogen (secondary N) is 1. The molecule has 1 aromatic rings. The zero-order chi connectivity index (χ0) is 17.0. The highest BCUT2D eigenvalue weighted by atomic mass is 32.2. The lowest BCUT2D eigenvalue weighted by atomic mass is 10.0. The van der Waals surface area contributed by atoms with E-state index in [0.29, 0.717) is 30.7 Å². The molecular weight excluding hydrogens is 313 g/mol. The normalized spacial score (nSPS) is 17.8. The molecule has 0 aliphatic heterocycles. The van der Waals surface area contributed by atoms with Crippen LogP contribution in [-0.4, -0.2) is 22.5 Å². The SMILES string of the molecule is C[C@H](CN[S+]([O-])C(C)(C)C)Cc1ccc(F)c(OCC2CC2)c1. The van der Waals surface area contributed by atoms with Crippen molar-refractivity contribution in [2.24, 2.45) is 11.8 Å². The predicted octanol–water partition coefficient (Wildman–Crippen LogP) is 3.84. The Morgan fingerprint density at radius 2 is 2.09 bits per heavy atom. The third-order valence-electron chi connectivity index (χ3n) is 3.87. The molecule has 1 fully saturated rings. The Kier molecular flexibility index (Phi) is 6.34. The van der Waals surface area contributed by atoms with E-state index in [1.807, 2.05) is 20.8 Å². The second kappa shape index (κ2) is 7.86. The molecule has 0 radical (unpaired) electrons. The predicted molar refractivity (Wildman–Crippen MR) is 93.4 cm³/mol. The maximum absolute atomic E-state index is 13.8. The molecule has 1 aliphatic carbocycles. The molecule has 0 aromatic heterocycles. The van der Waals surface area contributed by atoms with Crippen LogP contribution in [0.1, 0.15) is 46.1 Å². The molecule has 1 saturated carbocycles. The second-order valence-electron chi connectivity index (χ2n) is 7.56. The van der Waals surface area contributed by atoms with Gasteiger partial charge in [-0.3, -0.25) is 0 Å². The van der Waals surface area contributed by atoms with E-state index in [4.69, 9.17) is 4.74 Å². The Labute approximate surface area is 142 Å². The smallest absolute Gasteiger partial charge is 0.165 e. The van der Waals surface area contributed by atoms with Gasteiger partial charge in [0.25, 0.3) is 0 Å². The van der Waals surface area contributed by atoms with Crippen molar-refractivity contribution in [1.29, 1.82) is 0 Å². The van der Waals surface area contributed by atoms with E-state index in [-0.39, 0.29) is 10.6 Å². The van der Waals surface area contributed by atoms with Gasteiger partial charge in [0.05, 0.1) is 6.61 Å². The molecule has 130 valence electrons. The van der Waals surface area contributed by atoms with Crippen LogP contribution in [0.5, 0.6) is 5.75 Å². The fourth-order valence-corrected chi connectivity index (χ4v) is 3.06. The van der Waals surface area contributed by atoms with Crippen molar-refractivity contribution in [2.75, 3.05) is 13.2 Å². The molecule has 0 heterocycles. The molecule has 1 aromatic carbocycles. The molecule has 0 saturated heterocycles. The van der Waals surface area contributed by atoms with Gasteiger partial charge in [-0.1, -0.05) is 13.0 Å². The van der Waals surface area contributed by atoms with E-state index in [9.17, 15) is 8.94 Å². The molecule has 0 spiro atoms. The lowest BCUT2D eigenvalue weighted by molar-refractivity contribution is 0.285. The van der Waals surface area contributed by atoms with Crippen LogP contribution in [0.4, 0.5) is 4.39 Å². The van der Waals surface area contributed by atoms with Crippen LogP contribution in [0, 0.1) is 17.7 Å². The molecule has 23 heavy (non-hydrogen) atoms. The zero-order valence-corrected chi connectivity index (χ0v) is 15.3. The fraction of sp³-hybridized carbons (Fsp3) is 0.667. The van der Waals surface area contributed by atoms with E-state index in [2.05, 4.69) is 11.6 Å². The van der Waals surface area contributed by atoms with Crippen LogP contribution in [0.15, 0.2) is 18.2 Å². The van der Waals surface area contributed by atoms with Gasteiger partial charge in [0.2, 0.25) is 0 Å². The maximum Gasteiger partial charge on any atom is 0.165 e. The van der Waals surface area contributed by atoms with Crippen molar-refractivity contribution in [2.45, 2.75) is 51.7 Å². The molecule has 5 heteroatoms. The third-order valence-corrected chi connectivity index (χ3v) is 5.41. The highest BCUT2D eigenvalue weighted by Crippen LogP contribution is 2.30. The largest absolute Gasteiger partial charge is 0.598 e. The summed E-state index contributed by atoms with van der Waals surface area (Å²) in [6.07, 6.45) is 3.18. The van der Waals surface area contributed by atoms with Crippen LogP contribution < -0.4 is 9.46 Å². The van der Waals surface area contributed by atoms with Gasteiger partial charge in [0, 0.05) is 17.9 Å². The first-order valence-electron chi connectivity index (χ1n) is 8.32. The Balaban J connectivity index is 1.84. The molecule has 0 bridgehead atoms. The number of halogens is 1. The average molecular weight is 341 g/mol. The first-order chi connectivity index (χ1) is 10.8. The lowest BCUT2D eigenvalue weighted by Gasteiger charge is -2.25. The molecule has 0 amide bonds. The molecule has 2 atom stereocenters. The number of ether oxygens (including phenoxy) is 1. The highest BCUT2D eigenvalue weighted by molar-refractivity contribution is 7.90.